The van der Waals surface area contributed by atoms with Gasteiger partial charge in [-0.2, -0.15) is 0 Å². The minimum atomic E-state index is -1.76. The molecule has 2 heterocycles. The summed E-state index contributed by atoms with van der Waals surface area (Å²) in [4.78, 5) is 13.1. The molecule has 0 aromatic rings. The summed E-state index contributed by atoms with van der Waals surface area (Å²) in [5.41, 5.74) is -3.96. The van der Waals surface area contributed by atoms with Crippen molar-refractivity contribution >= 4 is 5.97 Å². The monoisotopic (exact) mass is 975 g/mol. The molecule has 5 aliphatic carbocycles. The van der Waals surface area contributed by atoms with Crippen LogP contribution in [0.3, 0.4) is 0 Å². The maximum absolute atomic E-state index is 13.1. The third-order valence-electron chi connectivity index (χ3n) is 19.3. The summed E-state index contributed by atoms with van der Waals surface area (Å²) >= 11 is 0. The number of ether oxygens (including phenoxy) is 6. The van der Waals surface area contributed by atoms with Crippen LogP contribution in [-0.2, 0) is 33.2 Å². The second kappa shape index (κ2) is 19.4. The Bertz CT molecular complexity index is 1810. The number of hydrogen-bond donors (Lipinski definition) is 12. The van der Waals surface area contributed by atoms with Crippen LogP contribution in [0.25, 0.3) is 0 Å². The highest BCUT2D eigenvalue weighted by Crippen LogP contribution is 2.76. The number of allylic oxidation sites excluding steroid dienone is 1. The first-order valence-corrected chi connectivity index (χ1v) is 24.7. The molecule has 24 atom stereocenters. The molecule has 7 aliphatic rings. The highest BCUT2D eigenvalue weighted by Gasteiger charge is 2.75. The van der Waals surface area contributed by atoms with Crippen LogP contribution in [-0.4, -0.2) is 192 Å². The first-order chi connectivity index (χ1) is 31.7. The minimum absolute atomic E-state index is 0.0113. The standard InChI is InChI=1S/C49H82O19/c1-22(54)29(19-51)63-23(2)64-34-24(18-50)35(67-42-28(56)16-27(55)30(20-52)65-42)43(68-36(34)41(61)62)66-33-13-14-46(7)31(45(33,5)6)12-15-47(8)32(46)11-10-25-26-17-44(3,4)37(57)39(59)49(26,21-53)40(60)38(58)48(25,47)9/h10,22-24,26-40,42-43,50-60H,11-21H2,1-9H3,(H,61,62)/t22?,23?,24?,26?,27-,28?,29+,30?,31?,32?,33+,34?,35?,36?,37+,38+,39+,40?,42+,43-,46+,47?,48+,49-/m1/s1. The van der Waals surface area contributed by atoms with E-state index in [-0.39, 0.29) is 23.7 Å². The molecule has 0 aromatic carbocycles. The first-order valence-electron chi connectivity index (χ1n) is 24.7. The summed E-state index contributed by atoms with van der Waals surface area (Å²) in [6, 6.07) is 0. The van der Waals surface area contributed by atoms with Crippen molar-refractivity contribution in [1.82, 2.24) is 0 Å². The van der Waals surface area contributed by atoms with Gasteiger partial charge in [-0.3, -0.25) is 0 Å². The lowest BCUT2D eigenvalue weighted by molar-refractivity contribution is -0.373. The fraction of sp³-hybridized carbons (Fsp3) is 0.939. The Morgan fingerprint density at radius 1 is 0.794 bits per heavy atom. The third-order valence-corrected chi connectivity index (χ3v) is 19.3. The molecule has 0 radical (unpaired) electrons. The lowest BCUT2D eigenvalue weighted by Crippen LogP contribution is -2.76. The van der Waals surface area contributed by atoms with Crippen molar-refractivity contribution in [2.75, 3.05) is 26.4 Å². The number of carboxylic acid groups (broad SMARTS) is 1. The molecule has 0 amide bonds. The van der Waals surface area contributed by atoms with Gasteiger partial charge in [-0.05, 0) is 91.8 Å². The Hall–Kier alpha value is -1.47. The number of aliphatic hydroxyl groups excluding tert-OH is 11. The number of carbonyl (C=O) groups is 1. The third kappa shape index (κ3) is 8.36. The van der Waals surface area contributed by atoms with Gasteiger partial charge >= 0.3 is 5.97 Å². The zero-order chi connectivity index (χ0) is 50.4. The van der Waals surface area contributed by atoms with Gasteiger partial charge in [0.1, 0.15) is 30.5 Å². The highest BCUT2D eigenvalue weighted by atomic mass is 16.8. The highest BCUT2D eigenvalue weighted by molar-refractivity contribution is 5.73. The molecule has 0 spiro atoms. The van der Waals surface area contributed by atoms with Crippen molar-refractivity contribution in [1.29, 1.82) is 0 Å². The summed E-state index contributed by atoms with van der Waals surface area (Å²) < 4.78 is 37.2. The van der Waals surface area contributed by atoms with E-state index in [1.165, 1.54) is 13.8 Å². The van der Waals surface area contributed by atoms with E-state index < -0.39 is 170 Å². The van der Waals surface area contributed by atoms with E-state index >= 15 is 0 Å². The fourth-order valence-corrected chi connectivity index (χ4v) is 15.2. The number of aliphatic hydroxyl groups is 11. The van der Waals surface area contributed by atoms with Gasteiger partial charge in [0.2, 0.25) is 0 Å². The van der Waals surface area contributed by atoms with Crippen molar-refractivity contribution < 1.29 is 94.5 Å². The topological polar surface area (TPSA) is 315 Å². The van der Waals surface area contributed by atoms with Crippen LogP contribution in [0.4, 0.5) is 0 Å². The molecule has 2 saturated heterocycles. The van der Waals surface area contributed by atoms with Crippen LogP contribution >= 0.6 is 0 Å². The minimum Gasteiger partial charge on any atom is -0.479 e. The Kier molecular flexibility index (Phi) is 15.5. The van der Waals surface area contributed by atoms with Crippen LogP contribution in [0.5, 0.6) is 0 Å². The van der Waals surface area contributed by atoms with Gasteiger partial charge < -0.3 is 89.7 Å². The molecule has 2 aliphatic heterocycles. The number of aliphatic carboxylic acids is 1. The quantitative estimate of drug-likeness (QED) is 0.0627. The fourth-order valence-electron chi connectivity index (χ4n) is 15.2. The van der Waals surface area contributed by atoms with Crippen molar-refractivity contribution in [3.05, 3.63) is 11.6 Å². The summed E-state index contributed by atoms with van der Waals surface area (Å²) in [6.07, 6.45) is -15.6. The van der Waals surface area contributed by atoms with E-state index in [2.05, 4.69) is 33.8 Å². The van der Waals surface area contributed by atoms with Gasteiger partial charge in [0.25, 0.3) is 0 Å². The van der Waals surface area contributed by atoms with Crippen molar-refractivity contribution in [3.63, 3.8) is 0 Å². The predicted octanol–water partition coefficient (Wildman–Crippen LogP) is 0.171. The molecule has 13 unspecified atom stereocenters. The first kappa shape index (κ1) is 54.3. The normalized spacial score (nSPS) is 50.1. The molecule has 4 saturated carbocycles. The van der Waals surface area contributed by atoms with Gasteiger partial charge in [-0.15, -0.1) is 0 Å². The van der Waals surface area contributed by atoms with Crippen LogP contribution in [0, 0.1) is 56.2 Å². The van der Waals surface area contributed by atoms with Crippen molar-refractivity contribution in [2.45, 2.75) is 205 Å². The molecule has 0 aromatic heterocycles. The Morgan fingerprint density at radius 3 is 2.04 bits per heavy atom. The Labute approximate surface area is 399 Å². The zero-order valence-corrected chi connectivity index (χ0v) is 41.1. The maximum Gasteiger partial charge on any atom is 0.335 e. The van der Waals surface area contributed by atoms with E-state index in [9.17, 15) is 66.1 Å². The zero-order valence-electron chi connectivity index (χ0n) is 41.1. The molecule has 392 valence electrons. The molecule has 68 heavy (non-hydrogen) atoms. The van der Waals surface area contributed by atoms with Crippen molar-refractivity contribution in [2.24, 2.45) is 56.2 Å². The van der Waals surface area contributed by atoms with E-state index in [1.54, 1.807) is 0 Å². The molecular formula is C49H82O19. The number of rotatable bonds is 14. The van der Waals surface area contributed by atoms with Crippen molar-refractivity contribution in [3.8, 4) is 0 Å². The molecular weight excluding hydrogens is 893 g/mol. The Balaban J connectivity index is 1.20. The summed E-state index contributed by atoms with van der Waals surface area (Å²) in [5.74, 6) is -3.22. The van der Waals surface area contributed by atoms with Gasteiger partial charge in [-0.25, -0.2) is 4.79 Å². The molecule has 7 rings (SSSR count). The number of fused-ring (bicyclic) bond motifs is 7. The molecule has 6 fully saturated rings. The van der Waals surface area contributed by atoms with E-state index in [0.29, 0.717) is 38.5 Å². The van der Waals surface area contributed by atoms with Crippen LogP contribution in [0.2, 0.25) is 0 Å². The number of carboxylic acids is 1. The SMILES string of the molecule is CC(OC1C(C(=O)O)O[C@@H](O[C@H]2CC[C@@]3(C)C(CCC4(C)C3CC=C3C5CC(C)(C)[C@@H](O)[C@H](O)[C@]5(CO)C(O)[C@H](O)[C@]34C)C2(C)C)C(O[C@@H]2OC(CO)[C@H](O)CC2O)C1CO)O[C@@H](CO)C(C)O. The van der Waals surface area contributed by atoms with E-state index in [0.717, 1.165) is 5.57 Å². The second-order valence-corrected chi connectivity index (χ2v) is 23.5. The maximum atomic E-state index is 13.1. The lowest BCUT2D eigenvalue weighted by Gasteiger charge is -2.73. The van der Waals surface area contributed by atoms with Gasteiger partial charge in [0.15, 0.2) is 25.0 Å². The molecule has 12 N–H and O–H groups in total. The average molecular weight is 975 g/mol. The number of hydrogen-bond acceptors (Lipinski definition) is 18. The molecule has 19 heteroatoms. The molecule has 0 bridgehead atoms. The largest absolute Gasteiger partial charge is 0.479 e. The lowest BCUT2D eigenvalue weighted by atomic mass is 9.32. The van der Waals surface area contributed by atoms with Crippen LogP contribution < -0.4 is 0 Å². The van der Waals surface area contributed by atoms with Gasteiger partial charge in [0, 0.05) is 17.8 Å². The van der Waals surface area contributed by atoms with Gasteiger partial charge in [0.05, 0.1) is 74.6 Å². The smallest absolute Gasteiger partial charge is 0.335 e. The summed E-state index contributed by atoms with van der Waals surface area (Å²) in [7, 11) is 0. The Morgan fingerprint density at radius 2 is 1.46 bits per heavy atom. The predicted molar refractivity (Wildman–Crippen MR) is 239 cm³/mol. The van der Waals surface area contributed by atoms with Crippen LogP contribution in [0.1, 0.15) is 107 Å². The second-order valence-electron chi connectivity index (χ2n) is 23.5. The van der Waals surface area contributed by atoms with E-state index in [4.69, 9.17) is 28.4 Å². The van der Waals surface area contributed by atoms with Crippen LogP contribution in [0.15, 0.2) is 11.6 Å². The summed E-state index contributed by atoms with van der Waals surface area (Å²) in [5, 5.41) is 132. The average Bonchev–Trinajstić information content (AvgIpc) is 3.26. The van der Waals surface area contributed by atoms with Gasteiger partial charge in [-0.1, -0.05) is 60.1 Å². The summed E-state index contributed by atoms with van der Waals surface area (Å²) in [6.45, 7) is 14.8. The molecule has 19 nitrogen and oxygen atoms in total. The van der Waals surface area contributed by atoms with E-state index in [1.807, 2.05) is 20.8 Å².